The van der Waals surface area contributed by atoms with Gasteiger partial charge in [0.05, 0.1) is 0 Å². The van der Waals surface area contributed by atoms with E-state index in [1.807, 2.05) is 6.07 Å². The number of nitrogens with one attached hydrogen (secondary N) is 1. The predicted molar refractivity (Wildman–Crippen MR) is 66.5 cm³/mol. The molecule has 0 unspecified atom stereocenters. The van der Waals surface area contributed by atoms with Crippen LogP contribution in [0.3, 0.4) is 0 Å². The molecule has 0 saturated heterocycles. The highest BCUT2D eigenvalue weighted by Gasteiger charge is 2.22. The van der Waals surface area contributed by atoms with Gasteiger partial charge in [0, 0.05) is 6.42 Å². The van der Waals surface area contributed by atoms with E-state index in [0.29, 0.717) is 0 Å². The van der Waals surface area contributed by atoms with Gasteiger partial charge in [-0.25, -0.2) is 9.59 Å². The summed E-state index contributed by atoms with van der Waals surface area (Å²) in [6, 6.07) is 7.71. The third kappa shape index (κ3) is 5.67. The molecule has 6 nitrogen and oxygen atoms in total. The van der Waals surface area contributed by atoms with Crippen LogP contribution in [0, 0.1) is 0 Å². The van der Waals surface area contributed by atoms with Crippen LogP contribution in [0.25, 0.3) is 0 Å². The number of ether oxygens (including phenoxy) is 1. The van der Waals surface area contributed by atoms with Crippen LogP contribution in [0.4, 0.5) is 4.79 Å². The summed E-state index contributed by atoms with van der Waals surface area (Å²) in [4.78, 5) is 33.1. The van der Waals surface area contributed by atoms with E-state index in [1.165, 1.54) is 6.92 Å². The van der Waals surface area contributed by atoms with Crippen LogP contribution in [-0.4, -0.2) is 29.0 Å². The Balaban J connectivity index is 2.45. The molecule has 6 heteroatoms. The van der Waals surface area contributed by atoms with Gasteiger partial charge in [-0.2, -0.15) is 0 Å². The van der Waals surface area contributed by atoms with Crippen molar-refractivity contribution in [2.45, 2.75) is 26.0 Å². The smallest absolute Gasteiger partial charge is 0.408 e. The number of rotatable bonds is 6. The summed E-state index contributed by atoms with van der Waals surface area (Å²) in [5.74, 6) is -1.59. The van der Waals surface area contributed by atoms with E-state index in [9.17, 15) is 14.4 Å². The number of ketones is 1. The van der Waals surface area contributed by atoms with Crippen molar-refractivity contribution in [2.75, 3.05) is 0 Å². The molecule has 1 aromatic carbocycles. The molecule has 102 valence electrons. The Morgan fingerprint density at radius 2 is 1.89 bits per heavy atom. The van der Waals surface area contributed by atoms with E-state index in [1.54, 1.807) is 24.3 Å². The summed E-state index contributed by atoms with van der Waals surface area (Å²) in [5.41, 5.74) is 0.788. The normalized spacial score (nSPS) is 11.4. The minimum Gasteiger partial charge on any atom is -0.480 e. The van der Waals surface area contributed by atoms with Crippen molar-refractivity contribution in [3.8, 4) is 0 Å². The molecular formula is C13H15NO5. The van der Waals surface area contributed by atoms with E-state index in [-0.39, 0.29) is 18.8 Å². The maximum absolute atomic E-state index is 11.4. The highest BCUT2D eigenvalue weighted by molar-refractivity contribution is 5.86. The number of carboxylic acid groups (broad SMARTS) is 1. The van der Waals surface area contributed by atoms with Crippen molar-refractivity contribution in [1.29, 1.82) is 0 Å². The first-order chi connectivity index (χ1) is 8.99. The number of hydrogen-bond donors (Lipinski definition) is 2. The number of hydrogen-bond acceptors (Lipinski definition) is 4. The van der Waals surface area contributed by atoms with Gasteiger partial charge in [-0.05, 0) is 12.5 Å². The van der Waals surface area contributed by atoms with E-state index >= 15 is 0 Å². The minimum absolute atomic E-state index is 0.0408. The molecule has 0 aromatic heterocycles. The second-order valence-electron chi connectivity index (χ2n) is 4.00. The highest BCUT2D eigenvalue weighted by atomic mass is 16.5. The average molecular weight is 265 g/mol. The number of alkyl carbamates (subject to hydrolysis) is 1. The van der Waals surface area contributed by atoms with Gasteiger partial charge >= 0.3 is 12.1 Å². The number of benzene rings is 1. The maximum Gasteiger partial charge on any atom is 0.408 e. The molecular weight excluding hydrogens is 250 g/mol. The monoisotopic (exact) mass is 265 g/mol. The molecule has 1 rings (SSSR count). The summed E-state index contributed by atoms with van der Waals surface area (Å²) >= 11 is 0. The third-order valence-electron chi connectivity index (χ3n) is 2.29. The molecule has 0 heterocycles. The fourth-order valence-corrected chi connectivity index (χ4v) is 1.39. The van der Waals surface area contributed by atoms with E-state index < -0.39 is 18.1 Å². The predicted octanol–water partition coefficient (Wildman–Crippen LogP) is 1.35. The first-order valence-corrected chi connectivity index (χ1v) is 5.68. The Bertz CT molecular complexity index is 457. The summed E-state index contributed by atoms with van der Waals surface area (Å²) in [5, 5.41) is 11.0. The number of Topliss-reactive ketones (excluding diaryl/α,β-unsaturated/α-hetero) is 1. The maximum atomic E-state index is 11.4. The molecule has 0 spiro atoms. The van der Waals surface area contributed by atoms with Crippen LogP contribution in [0.5, 0.6) is 0 Å². The molecule has 1 atom stereocenters. The zero-order chi connectivity index (χ0) is 14.3. The fourth-order valence-electron chi connectivity index (χ4n) is 1.39. The number of carbonyl (C=O) groups excluding carboxylic acids is 2. The highest BCUT2D eigenvalue weighted by Crippen LogP contribution is 2.01. The average Bonchev–Trinajstić information content (AvgIpc) is 2.36. The van der Waals surface area contributed by atoms with E-state index in [4.69, 9.17) is 9.84 Å². The fraction of sp³-hybridized carbons (Fsp3) is 0.308. The molecule has 0 aliphatic rings. The second-order valence-corrected chi connectivity index (χ2v) is 4.00. The van der Waals surface area contributed by atoms with Crippen molar-refractivity contribution in [3.63, 3.8) is 0 Å². The SMILES string of the molecule is CC(=O)C[C@@H](NC(=O)OCc1ccccc1)C(=O)O. The van der Waals surface area contributed by atoms with Crippen molar-refractivity contribution in [1.82, 2.24) is 5.32 Å². The van der Waals surface area contributed by atoms with Gasteiger partial charge in [0.2, 0.25) is 0 Å². The lowest BCUT2D eigenvalue weighted by atomic mass is 10.1. The van der Waals surface area contributed by atoms with E-state index in [2.05, 4.69) is 5.32 Å². The zero-order valence-corrected chi connectivity index (χ0v) is 10.5. The van der Waals surface area contributed by atoms with Crippen LogP contribution in [-0.2, 0) is 20.9 Å². The topological polar surface area (TPSA) is 92.7 Å². The molecule has 1 aromatic rings. The quantitative estimate of drug-likeness (QED) is 0.809. The third-order valence-corrected chi connectivity index (χ3v) is 2.29. The van der Waals surface area contributed by atoms with Crippen molar-refractivity contribution in [3.05, 3.63) is 35.9 Å². The van der Waals surface area contributed by atoms with Crippen LogP contribution >= 0.6 is 0 Å². The molecule has 0 fully saturated rings. The molecule has 1 amide bonds. The lowest BCUT2D eigenvalue weighted by Crippen LogP contribution is -2.42. The second kappa shape index (κ2) is 7.15. The molecule has 2 N–H and O–H groups in total. The molecule has 0 saturated carbocycles. The number of carboxylic acids is 1. The number of carbonyl (C=O) groups is 3. The van der Waals surface area contributed by atoms with Crippen molar-refractivity contribution >= 4 is 17.8 Å². The number of amides is 1. The zero-order valence-electron chi connectivity index (χ0n) is 10.5. The summed E-state index contributed by atoms with van der Waals surface area (Å²) in [6.07, 6.45) is -1.13. The standard InChI is InChI=1S/C13H15NO5/c1-9(15)7-11(12(16)17)14-13(18)19-8-10-5-3-2-4-6-10/h2-6,11H,7-8H2,1H3,(H,14,18)(H,16,17)/t11-/m1/s1. The molecule has 0 aliphatic heterocycles. The van der Waals surface area contributed by atoms with Gasteiger partial charge in [-0.15, -0.1) is 0 Å². The Hall–Kier alpha value is -2.37. The summed E-state index contributed by atoms with van der Waals surface area (Å²) in [6.45, 7) is 1.30. The van der Waals surface area contributed by atoms with Crippen molar-refractivity contribution in [2.24, 2.45) is 0 Å². The van der Waals surface area contributed by atoms with Crippen LogP contribution in [0.1, 0.15) is 18.9 Å². The van der Waals surface area contributed by atoms with Gasteiger partial charge < -0.3 is 15.2 Å². The van der Waals surface area contributed by atoms with Crippen LogP contribution in [0.2, 0.25) is 0 Å². The Morgan fingerprint density at radius 3 is 2.42 bits per heavy atom. The lowest BCUT2D eigenvalue weighted by molar-refractivity contribution is -0.141. The van der Waals surface area contributed by atoms with Gasteiger partial charge in [0.25, 0.3) is 0 Å². The first kappa shape index (κ1) is 14.7. The molecule has 0 bridgehead atoms. The summed E-state index contributed by atoms with van der Waals surface area (Å²) < 4.78 is 4.87. The van der Waals surface area contributed by atoms with Gasteiger partial charge in [0.1, 0.15) is 18.4 Å². The molecule has 0 radical (unpaired) electrons. The Kier molecular flexibility index (Phi) is 5.53. The molecule has 19 heavy (non-hydrogen) atoms. The summed E-state index contributed by atoms with van der Waals surface area (Å²) in [7, 11) is 0. The number of aliphatic carboxylic acids is 1. The van der Waals surface area contributed by atoms with E-state index in [0.717, 1.165) is 5.56 Å². The Labute approximate surface area is 110 Å². The Morgan fingerprint density at radius 1 is 1.26 bits per heavy atom. The minimum atomic E-state index is -1.27. The largest absolute Gasteiger partial charge is 0.480 e. The van der Waals surface area contributed by atoms with Crippen LogP contribution < -0.4 is 5.32 Å². The first-order valence-electron chi connectivity index (χ1n) is 5.68. The molecule has 0 aliphatic carbocycles. The van der Waals surface area contributed by atoms with Crippen LogP contribution in [0.15, 0.2) is 30.3 Å². The van der Waals surface area contributed by atoms with Gasteiger partial charge in [0.15, 0.2) is 0 Å². The van der Waals surface area contributed by atoms with Gasteiger partial charge in [-0.1, -0.05) is 30.3 Å². The lowest BCUT2D eigenvalue weighted by Gasteiger charge is -2.13. The van der Waals surface area contributed by atoms with Crippen molar-refractivity contribution < 1.29 is 24.2 Å². The van der Waals surface area contributed by atoms with Gasteiger partial charge in [-0.3, -0.25) is 4.79 Å².